The van der Waals surface area contributed by atoms with E-state index in [1.165, 1.54) is 5.16 Å². The first kappa shape index (κ1) is 7.59. The van der Waals surface area contributed by atoms with Crippen LogP contribution in [0.25, 0.3) is 0 Å². The van der Waals surface area contributed by atoms with E-state index in [4.69, 9.17) is 0 Å². The van der Waals surface area contributed by atoms with Gasteiger partial charge in [0.1, 0.15) is 0 Å². The SMILES string of the molecule is FCC(F)(F)N=C=S. The zero-order valence-corrected chi connectivity index (χ0v) is 4.51. The molecule has 0 aromatic carbocycles. The van der Waals surface area contributed by atoms with E-state index in [2.05, 4.69) is 17.2 Å². The highest BCUT2D eigenvalue weighted by atomic mass is 32.1. The third-order valence-corrected chi connectivity index (χ3v) is 0.461. The Morgan fingerprint density at radius 1 is 1.62 bits per heavy atom. The van der Waals surface area contributed by atoms with Gasteiger partial charge in [-0.05, 0) is 12.2 Å². The molecule has 0 saturated carbocycles. The Kier molecular flexibility index (Phi) is 2.65. The molecule has 0 aromatic rings. The zero-order chi connectivity index (χ0) is 6.62. The minimum absolute atomic E-state index is 1.38. The third-order valence-electron chi connectivity index (χ3n) is 0.370. The van der Waals surface area contributed by atoms with Crippen molar-refractivity contribution in [3.63, 3.8) is 0 Å². The Bertz CT molecular complexity index is 118. The van der Waals surface area contributed by atoms with Crippen molar-refractivity contribution in [2.45, 2.75) is 6.05 Å². The van der Waals surface area contributed by atoms with E-state index in [-0.39, 0.29) is 0 Å². The Labute approximate surface area is 49.2 Å². The van der Waals surface area contributed by atoms with Gasteiger partial charge >= 0.3 is 6.05 Å². The summed E-state index contributed by atoms with van der Waals surface area (Å²) >= 11 is 3.80. The normalized spacial score (nSPS) is 10.4. The van der Waals surface area contributed by atoms with Gasteiger partial charge in [0, 0.05) is 0 Å². The number of rotatable bonds is 2. The molecule has 1 nitrogen and oxygen atoms in total. The zero-order valence-electron chi connectivity index (χ0n) is 3.70. The number of alkyl halides is 3. The van der Waals surface area contributed by atoms with Crippen LogP contribution in [0.4, 0.5) is 13.2 Å². The first-order chi connectivity index (χ1) is 3.62. The molecule has 8 heavy (non-hydrogen) atoms. The van der Waals surface area contributed by atoms with Crippen LogP contribution < -0.4 is 0 Å². The van der Waals surface area contributed by atoms with Crippen molar-refractivity contribution < 1.29 is 13.2 Å². The van der Waals surface area contributed by atoms with Crippen molar-refractivity contribution in [3.8, 4) is 0 Å². The van der Waals surface area contributed by atoms with Crippen molar-refractivity contribution in [3.05, 3.63) is 0 Å². The number of aliphatic imine (C=N–C) groups is 1. The predicted octanol–water partition coefficient (Wildman–Crippen LogP) is 1.65. The molecule has 0 aliphatic heterocycles. The highest BCUT2D eigenvalue weighted by molar-refractivity contribution is 7.78. The molecule has 0 aliphatic carbocycles. The van der Waals surface area contributed by atoms with E-state index in [0.29, 0.717) is 0 Å². The van der Waals surface area contributed by atoms with Crippen LogP contribution in [0.15, 0.2) is 4.99 Å². The van der Waals surface area contributed by atoms with Crippen molar-refractivity contribution in [1.82, 2.24) is 0 Å². The van der Waals surface area contributed by atoms with Crippen LogP contribution in [-0.4, -0.2) is 17.9 Å². The summed E-state index contributed by atoms with van der Waals surface area (Å²) in [6, 6.07) is -3.66. The maximum Gasteiger partial charge on any atom is 0.378 e. The summed E-state index contributed by atoms with van der Waals surface area (Å²) in [5.74, 6) is 0. The van der Waals surface area contributed by atoms with E-state index in [9.17, 15) is 13.2 Å². The quantitative estimate of drug-likeness (QED) is 0.323. The fraction of sp³-hybridized carbons (Fsp3) is 0.667. The van der Waals surface area contributed by atoms with E-state index in [0.717, 1.165) is 0 Å². The van der Waals surface area contributed by atoms with Crippen LogP contribution in [0.3, 0.4) is 0 Å². The second-order valence-electron chi connectivity index (χ2n) is 1.00. The number of isothiocyanates is 1. The van der Waals surface area contributed by atoms with Gasteiger partial charge < -0.3 is 0 Å². The number of hydrogen-bond donors (Lipinski definition) is 0. The van der Waals surface area contributed by atoms with Gasteiger partial charge in [0.15, 0.2) is 6.67 Å². The maximum atomic E-state index is 11.5. The Hall–Kier alpha value is -0.410. The average molecular weight is 141 g/mol. The molecule has 46 valence electrons. The lowest BCUT2D eigenvalue weighted by Crippen LogP contribution is -2.13. The van der Waals surface area contributed by atoms with Crippen molar-refractivity contribution in [1.29, 1.82) is 0 Å². The summed E-state index contributed by atoms with van der Waals surface area (Å²) in [4.78, 5) is 2.23. The van der Waals surface area contributed by atoms with Gasteiger partial charge in [0.25, 0.3) is 0 Å². The first-order valence-electron chi connectivity index (χ1n) is 1.65. The molecular weight excluding hydrogens is 139 g/mol. The van der Waals surface area contributed by atoms with Gasteiger partial charge in [-0.2, -0.15) is 13.8 Å². The third kappa shape index (κ3) is 2.71. The molecule has 0 spiro atoms. The molecule has 0 saturated heterocycles. The van der Waals surface area contributed by atoms with Crippen LogP contribution in [0.1, 0.15) is 0 Å². The van der Waals surface area contributed by atoms with Gasteiger partial charge in [-0.15, -0.1) is 0 Å². The second-order valence-corrected chi connectivity index (χ2v) is 1.19. The highest BCUT2D eigenvalue weighted by Crippen LogP contribution is 2.13. The summed E-state index contributed by atoms with van der Waals surface area (Å²) in [5.41, 5.74) is 0. The van der Waals surface area contributed by atoms with Crippen LogP contribution in [0, 0.1) is 0 Å². The lowest BCUT2D eigenvalue weighted by molar-refractivity contribution is -0.0120. The molecule has 0 aliphatic rings. The van der Waals surface area contributed by atoms with Gasteiger partial charge in [-0.3, -0.25) is 0 Å². The van der Waals surface area contributed by atoms with Crippen LogP contribution >= 0.6 is 12.2 Å². The average Bonchev–Trinajstić information content (AvgIpc) is 1.67. The van der Waals surface area contributed by atoms with Gasteiger partial charge in [-0.25, -0.2) is 4.39 Å². The summed E-state index contributed by atoms with van der Waals surface area (Å²) in [6.45, 7) is -1.82. The standard InChI is InChI=1S/C3H2F3NS/c4-1-3(5,6)7-2-8/h1H2. The summed E-state index contributed by atoms with van der Waals surface area (Å²) < 4.78 is 34.0. The monoisotopic (exact) mass is 141 g/mol. The predicted molar refractivity (Wildman–Crippen MR) is 25.9 cm³/mol. The Balaban J connectivity index is 3.90. The minimum atomic E-state index is -3.66. The molecule has 0 fully saturated rings. The molecule has 0 amide bonds. The van der Waals surface area contributed by atoms with Crippen molar-refractivity contribution in [2.24, 2.45) is 4.99 Å². The molecule has 0 heterocycles. The Morgan fingerprint density at radius 3 is 2.25 bits per heavy atom. The van der Waals surface area contributed by atoms with Crippen molar-refractivity contribution in [2.75, 3.05) is 6.67 Å². The molecule has 0 radical (unpaired) electrons. The molecule has 5 heteroatoms. The number of nitrogens with zero attached hydrogens (tertiary/aromatic N) is 1. The molecular formula is C3H2F3NS. The van der Waals surface area contributed by atoms with E-state index in [1.807, 2.05) is 0 Å². The van der Waals surface area contributed by atoms with Crippen LogP contribution in [0.2, 0.25) is 0 Å². The lowest BCUT2D eigenvalue weighted by atomic mass is 10.6. The second kappa shape index (κ2) is 2.79. The summed E-state index contributed by atoms with van der Waals surface area (Å²) in [6.07, 6.45) is 0. The molecule has 0 atom stereocenters. The Morgan fingerprint density at radius 2 is 2.12 bits per heavy atom. The topological polar surface area (TPSA) is 12.4 Å². The van der Waals surface area contributed by atoms with Crippen molar-refractivity contribution >= 4 is 17.4 Å². The minimum Gasteiger partial charge on any atom is -0.242 e. The smallest absolute Gasteiger partial charge is 0.242 e. The molecule has 0 bridgehead atoms. The van der Waals surface area contributed by atoms with Gasteiger partial charge in [-0.1, -0.05) is 0 Å². The number of halogens is 3. The number of thiocarbonyl (C=S) groups is 1. The largest absolute Gasteiger partial charge is 0.378 e. The molecule has 0 rings (SSSR count). The summed E-state index contributed by atoms with van der Waals surface area (Å²) in [5, 5.41) is 1.38. The van der Waals surface area contributed by atoms with Crippen LogP contribution in [-0.2, 0) is 0 Å². The van der Waals surface area contributed by atoms with Crippen LogP contribution in [0.5, 0.6) is 0 Å². The fourth-order valence-corrected chi connectivity index (χ4v) is 0.230. The van der Waals surface area contributed by atoms with E-state index in [1.54, 1.807) is 0 Å². The highest BCUT2D eigenvalue weighted by Gasteiger charge is 2.26. The first-order valence-corrected chi connectivity index (χ1v) is 2.06. The van der Waals surface area contributed by atoms with Gasteiger partial charge in [0.2, 0.25) is 0 Å². The summed E-state index contributed by atoms with van der Waals surface area (Å²) in [7, 11) is 0. The molecule has 0 unspecified atom stereocenters. The fourth-order valence-electron chi connectivity index (χ4n) is 0.0967. The molecule has 0 aromatic heterocycles. The van der Waals surface area contributed by atoms with E-state index < -0.39 is 12.7 Å². The molecule has 0 N–H and O–H groups in total. The lowest BCUT2D eigenvalue weighted by Gasteiger charge is -1.99. The number of hydrogen-bond acceptors (Lipinski definition) is 2. The maximum absolute atomic E-state index is 11.5. The van der Waals surface area contributed by atoms with E-state index >= 15 is 0 Å². The van der Waals surface area contributed by atoms with Gasteiger partial charge in [0.05, 0.1) is 5.16 Å².